The molecule has 0 aliphatic heterocycles. The van der Waals surface area contributed by atoms with Gasteiger partial charge in [-0.1, -0.05) is 12.8 Å². The van der Waals surface area contributed by atoms with Crippen molar-refractivity contribution in [2.45, 2.75) is 102 Å². The summed E-state index contributed by atoms with van der Waals surface area (Å²) in [5.41, 5.74) is -0.504. The molecular weight excluding hydrogens is 372 g/mol. The first-order valence-corrected chi connectivity index (χ1v) is 13.1. The molecule has 0 heterocycles. The third-order valence-corrected chi connectivity index (χ3v) is 11.1. The molecule has 0 saturated heterocycles. The maximum Gasteiger partial charge on any atom is 0.226 e. The van der Waals surface area contributed by atoms with Gasteiger partial charge in [-0.3, -0.25) is 9.59 Å². The molecule has 2 N–H and O–H groups in total. The number of carbonyl (C=O) groups excluding carboxylic acids is 2. The molecule has 0 radical (unpaired) electrons. The Hall–Kier alpha value is -1.06. The van der Waals surface area contributed by atoms with E-state index in [-0.39, 0.29) is 10.8 Å². The quantitative estimate of drug-likeness (QED) is 0.730. The van der Waals surface area contributed by atoms with Gasteiger partial charge >= 0.3 is 0 Å². The number of hydrogen-bond acceptors (Lipinski definition) is 2. The summed E-state index contributed by atoms with van der Waals surface area (Å²) in [6, 6.07) is 0.839. The fourth-order valence-corrected chi connectivity index (χ4v) is 10.3. The first kappa shape index (κ1) is 18.5. The van der Waals surface area contributed by atoms with Crippen LogP contribution in [-0.4, -0.2) is 23.9 Å². The number of rotatable bonds is 4. The predicted octanol–water partition coefficient (Wildman–Crippen LogP) is 4.18. The van der Waals surface area contributed by atoms with Gasteiger partial charge in [0.1, 0.15) is 0 Å². The van der Waals surface area contributed by atoms with Crippen LogP contribution < -0.4 is 10.6 Å². The normalized spacial score (nSPS) is 54.7. The summed E-state index contributed by atoms with van der Waals surface area (Å²) in [6.07, 6.45) is 16.7. The summed E-state index contributed by atoms with van der Waals surface area (Å²) in [7, 11) is 0. The molecule has 8 fully saturated rings. The minimum Gasteiger partial charge on any atom is -0.353 e. The lowest BCUT2D eigenvalue weighted by molar-refractivity contribution is -0.168. The molecular formula is C26H38N2O2. The molecule has 0 aromatic heterocycles. The average Bonchev–Trinajstić information content (AvgIpc) is 3.49. The zero-order valence-electron chi connectivity index (χ0n) is 18.3. The van der Waals surface area contributed by atoms with Crippen LogP contribution >= 0.6 is 0 Å². The first-order chi connectivity index (χ1) is 14.5. The number of nitrogens with one attached hydrogen (secondary N) is 2. The molecule has 164 valence electrons. The zero-order chi connectivity index (χ0) is 20.1. The number of hydrogen-bond donors (Lipinski definition) is 2. The van der Waals surface area contributed by atoms with Crippen LogP contribution in [0.1, 0.15) is 89.9 Å². The van der Waals surface area contributed by atoms with Crippen molar-refractivity contribution in [2.24, 2.45) is 46.3 Å². The second-order valence-electron chi connectivity index (χ2n) is 13.0. The highest BCUT2D eigenvalue weighted by Gasteiger charge is 2.63. The molecule has 8 saturated carbocycles. The van der Waals surface area contributed by atoms with Gasteiger partial charge in [0.15, 0.2) is 0 Å². The van der Waals surface area contributed by atoms with Gasteiger partial charge in [-0.25, -0.2) is 0 Å². The fraction of sp³-hybridized carbons (Fsp3) is 0.923. The van der Waals surface area contributed by atoms with Gasteiger partial charge in [0, 0.05) is 12.1 Å². The molecule has 0 aromatic carbocycles. The molecule has 8 aliphatic rings. The minimum atomic E-state index is -0.252. The monoisotopic (exact) mass is 410 g/mol. The Morgan fingerprint density at radius 2 is 1.03 bits per heavy atom. The van der Waals surface area contributed by atoms with Gasteiger partial charge in [0.05, 0.1) is 10.8 Å². The van der Waals surface area contributed by atoms with Crippen molar-refractivity contribution in [1.29, 1.82) is 0 Å². The predicted molar refractivity (Wildman–Crippen MR) is 114 cm³/mol. The smallest absolute Gasteiger partial charge is 0.226 e. The third-order valence-electron chi connectivity index (χ3n) is 11.1. The Kier molecular flexibility index (Phi) is 3.86. The minimum absolute atomic E-state index is 0.252. The average molecular weight is 411 g/mol. The molecule has 8 aliphatic carbocycles. The Morgan fingerprint density at radius 3 is 1.40 bits per heavy atom. The summed E-state index contributed by atoms with van der Waals surface area (Å²) in [6.45, 7) is 0. The summed E-state index contributed by atoms with van der Waals surface area (Å²) in [5.74, 6) is 4.99. The van der Waals surface area contributed by atoms with E-state index >= 15 is 0 Å². The van der Waals surface area contributed by atoms with E-state index in [0.29, 0.717) is 35.7 Å². The van der Waals surface area contributed by atoms with Crippen molar-refractivity contribution < 1.29 is 9.59 Å². The summed E-state index contributed by atoms with van der Waals surface area (Å²) >= 11 is 0. The molecule has 6 unspecified atom stereocenters. The largest absolute Gasteiger partial charge is 0.353 e. The van der Waals surface area contributed by atoms with Crippen LogP contribution in [0.4, 0.5) is 0 Å². The van der Waals surface area contributed by atoms with Crippen LogP contribution in [-0.2, 0) is 9.59 Å². The van der Waals surface area contributed by atoms with Crippen molar-refractivity contribution >= 4 is 11.8 Å². The first-order valence-electron chi connectivity index (χ1n) is 13.1. The van der Waals surface area contributed by atoms with Crippen molar-refractivity contribution in [2.75, 3.05) is 0 Å². The van der Waals surface area contributed by atoms with E-state index in [2.05, 4.69) is 10.6 Å². The summed E-state index contributed by atoms with van der Waals surface area (Å²) < 4.78 is 0. The van der Waals surface area contributed by atoms with E-state index < -0.39 is 0 Å². The SMILES string of the molecule is O=C(NC1CC2CCC1C2)C12CC3CC(C1)CC(C(=O)NC1CC4CCC1C4)(C3)C2. The van der Waals surface area contributed by atoms with Gasteiger partial charge in [-0.2, -0.15) is 0 Å². The van der Waals surface area contributed by atoms with E-state index in [0.717, 1.165) is 55.8 Å². The second-order valence-corrected chi connectivity index (χ2v) is 13.0. The second kappa shape index (κ2) is 6.25. The molecule has 4 nitrogen and oxygen atoms in total. The highest BCUT2D eigenvalue weighted by atomic mass is 16.2. The Labute approximate surface area is 180 Å². The Bertz CT molecular complexity index is 703. The van der Waals surface area contributed by atoms with Crippen LogP contribution in [0.25, 0.3) is 0 Å². The van der Waals surface area contributed by atoms with E-state index in [1.807, 2.05) is 0 Å². The van der Waals surface area contributed by atoms with E-state index in [4.69, 9.17) is 0 Å². The van der Waals surface area contributed by atoms with Crippen LogP contribution in [0.5, 0.6) is 0 Å². The number of carbonyl (C=O) groups is 2. The molecule has 0 spiro atoms. The maximum atomic E-state index is 13.7. The molecule has 0 aromatic rings. The van der Waals surface area contributed by atoms with Gasteiger partial charge in [0.25, 0.3) is 0 Å². The van der Waals surface area contributed by atoms with E-state index in [9.17, 15) is 9.59 Å². The van der Waals surface area contributed by atoms with Crippen molar-refractivity contribution in [1.82, 2.24) is 10.6 Å². The third kappa shape index (κ3) is 2.64. The fourth-order valence-electron chi connectivity index (χ4n) is 10.3. The highest BCUT2D eigenvalue weighted by Crippen LogP contribution is 2.65. The lowest BCUT2D eigenvalue weighted by Gasteiger charge is -2.60. The number of fused-ring (bicyclic) bond motifs is 4. The zero-order valence-corrected chi connectivity index (χ0v) is 18.3. The molecule has 8 rings (SSSR count). The van der Waals surface area contributed by atoms with Crippen molar-refractivity contribution in [3.05, 3.63) is 0 Å². The lowest BCUT2D eigenvalue weighted by atomic mass is 9.43. The Balaban J connectivity index is 1.10. The highest BCUT2D eigenvalue weighted by molar-refractivity contribution is 5.88. The maximum absolute atomic E-state index is 13.7. The van der Waals surface area contributed by atoms with E-state index in [1.54, 1.807) is 0 Å². The van der Waals surface area contributed by atoms with Gasteiger partial charge in [-0.05, 0) is 113 Å². The van der Waals surface area contributed by atoms with Gasteiger partial charge < -0.3 is 10.6 Å². The van der Waals surface area contributed by atoms with Gasteiger partial charge in [0.2, 0.25) is 11.8 Å². The van der Waals surface area contributed by atoms with Crippen LogP contribution in [0.2, 0.25) is 0 Å². The molecule has 30 heavy (non-hydrogen) atoms. The van der Waals surface area contributed by atoms with Crippen molar-refractivity contribution in [3.8, 4) is 0 Å². The molecule has 6 atom stereocenters. The van der Waals surface area contributed by atoms with Gasteiger partial charge in [-0.15, -0.1) is 0 Å². The van der Waals surface area contributed by atoms with E-state index in [1.165, 1.54) is 57.8 Å². The standard InChI is InChI=1S/C26H38N2O2/c29-23(27-21-8-15-1-3-19(21)6-15)25-10-17-5-18(11-25)13-26(12-17,14-25)24(30)28-22-9-16-2-4-20(22)7-16/h15-22H,1-14H2,(H,27,29)(H,28,30). The Morgan fingerprint density at radius 1 is 0.567 bits per heavy atom. The lowest BCUT2D eigenvalue weighted by Crippen LogP contribution is -2.63. The van der Waals surface area contributed by atoms with Crippen molar-refractivity contribution in [3.63, 3.8) is 0 Å². The topological polar surface area (TPSA) is 58.2 Å². The molecule has 4 heteroatoms. The summed E-state index contributed by atoms with van der Waals surface area (Å²) in [5, 5.41) is 7.10. The molecule has 8 bridgehead atoms. The number of amides is 2. The summed E-state index contributed by atoms with van der Waals surface area (Å²) in [4.78, 5) is 27.4. The molecule has 2 amide bonds. The van der Waals surface area contributed by atoms with Crippen LogP contribution in [0.15, 0.2) is 0 Å². The van der Waals surface area contributed by atoms with Crippen LogP contribution in [0.3, 0.4) is 0 Å². The van der Waals surface area contributed by atoms with Crippen LogP contribution in [0, 0.1) is 46.3 Å².